The lowest BCUT2D eigenvalue weighted by atomic mass is 9.89. The molecule has 1 aliphatic carbocycles. The fourth-order valence-electron chi connectivity index (χ4n) is 4.30. The van der Waals surface area contributed by atoms with E-state index < -0.39 is 5.25 Å². The van der Waals surface area contributed by atoms with Crippen LogP contribution in [0.25, 0.3) is 0 Å². The molecule has 0 spiro atoms. The highest BCUT2D eigenvalue weighted by atomic mass is 32.2. The van der Waals surface area contributed by atoms with Gasteiger partial charge in [-0.3, -0.25) is 9.59 Å². The van der Waals surface area contributed by atoms with Crippen molar-refractivity contribution in [3.8, 4) is 0 Å². The third kappa shape index (κ3) is 6.47. The molecule has 1 atom stereocenters. The van der Waals surface area contributed by atoms with Crippen LogP contribution < -0.4 is 5.32 Å². The van der Waals surface area contributed by atoms with Gasteiger partial charge in [0, 0.05) is 25.2 Å². The number of hydrogen-bond acceptors (Lipinski definition) is 5. The minimum atomic E-state index is -0.391. The van der Waals surface area contributed by atoms with Crippen LogP contribution in [0, 0.1) is 0 Å². The number of para-hydroxylation sites is 1. The zero-order chi connectivity index (χ0) is 23.8. The summed E-state index contributed by atoms with van der Waals surface area (Å²) in [6, 6.07) is 7.72. The van der Waals surface area contributed by atoms with Crippen molar-refractivity contribution in [3.05, 3.63) is 48.3 Å². The maximum absolute atomic E-state index is 13.0. The number of nitrogens with one attached hydrogen (secondary N) is 1. The summed E-state index contributed by atoms with van der Waals surface area (Å²) in [7, 11) is 1.66. The van der Waals surface area contributed by atoms with Gasteiger partial charge in [0.2, 0.25) is 11.8 Å². The number of carbonyl (C=O) groups is 2. The van der Waals surface area contributed by atoms with E-state index in [9.17, 15) is 9.59 Å². The fourth-order valence-corrected chi connectivity index (χ4v) is 5.28. The number of aryl methyl sites for hydroxylation is 1. The predicted octanol–water partition coefficient (Wildman–Crippen LogP) is 4.65. The molecule has 178 valence electrons. The van der Waals surface area contributed by atoms with Gasteiger partial charge in [-0.1, -0.05) is 62.2 Å². The molecule has 0 radical (unpaired) electrons. The highest BCUT2D eigenvalue weighted by Crippen LogP contribution is 2.34. The molecule has 7 nitrogen and oxygen atoms in total. The summed E-state index contributed by atoms with van der Waals surface area (Å²) < 4.78 is 2.09. The van der Waals surface area contributed by atoms with E-state index in [2.05, 4.69) is 26.7 Å². The third-order valence-electron chi connectivity index (χ3n) is 6.09. The molecule has 1 fully saturated rings. The molecule has 0 saturated heterocycles. The van der Waals surface area contributed by atoms with Gasteiger partial charge in [0.15, 0.2) is 5.16 Å². The SMILES string of the molecule is C=CCn1c(SC(C)C(=O)N(C)CC(=O)Nc2ccccc2CC)nnc1C1CCCCC1. The summed E-state index contributed by atoms with van der Waals surface area (Å²) in [6.07, 6.45) is 8.66. The Hall–Kier alpha value is -2.61. The number of thioether (sulfide) groups is 1. The average Bonchev–Trinajstić information content (AvgIpc) is 3.21. The van der Waals surface area contributed by atoms with Gasteiger partial charge in [0.1, 0.15) is 5.82 Å². The molecule has 1 N–H and O–H groups in total. The van der Waals surface area contributed by atoms with Crippen molar-refractivity contribution in [3.63, 3.8) is 0 Å². The van der Waals surface area contributed by atoms with Gasteiger partial charge in [-0.05, 0) is 37.8 Å². The van der Waals surface area contributed by atoms with Crippen molar-refractivity contribution < 1.29 is 9.59 Å². The molecule has 0 aliphatic heterocycles. The zero-order valence-corrected chi connectivity index (χ0v) is 20.7. The number of amides is 2. The van der Waals surface area contributed by atoms with E-state index in [1.165, 1.54) is 35.9 Å². The van der Waals surface area contributed by atoms with E-state index in [1.807, 2.05) is 44.2 Å². The topological polar surface area (TPSA) is 80.1 Å². The quantitative estimate of drug-likeness (QED) is 0.405. The molecule has 2 aromatic rings. The van der Waals surface area contributed by atoms with Crippen LogP contribution in [-0.4, -0.2) is 50.3 Å². The van der Waals surface area contributed by atoms with Gasteiger partial charge in [0.05, 0.1) is 11.8 Å². The number of nitrogens with zero attached hydrogens (tertiary/aromatic N) is 4. The molecular formula is C25H35N5O2S. The molecular weight excluding hydrogens is 434 g/mol. The maximum Gasteiger partial charge on any atom is 0.243 e. The average molecular weight is 470 g/mol. The Morgan fingerprint density at radius 2 is 2.00 bits per heavy atom. The van der Waals surface area contributed by atoms with Crippen LogP contribution >= 0.6 is 11.8 Å². The van der Waals surface area contributed by atoms with Gasteiger partial charge in [-0.15, -0.1) is 16.8 Å². The summed E-state index contributed by atoms with van der Waals surface area (Å²) in [5, 5.41) is 12.1. The summed E-state index contributed by atoms with van der Waals surface area (Å²) in [5.74, 6) is 1.09. The number of aromatic nitrogens is 3. The lowest BCUT2D eigenvalue weighted by Crippen LogP contribution is -2.39. The monoisotopic (exact) mass is 469 g/mol. The second-order valence-electron chi connectivity index (χ2n) is 8.59. The molecule has 8 heteroatoms. The number of likely N-dealkylation sites (N-methyl/N-ethyl adjacent to an activating group) is 1. The van der Waals surface area contributed by atoms with Crippen molar-refractivity contribution >= 4 is 29.3 Å². The van der Waals surface area contributed by atoms with Crippen molar-refractivity contribution in [1.29, 1.82) is 0 Å². The molecule has 3 rings (SSSR count). The van der Waals surface area contributed by atoms with E-state index in [1.54, 1.807) is 7.05 Å². The van der Waals surface area contributed by atoms with Gasteiger partial charge in [0.25, 0.3) is 0 Å². The summed E-state index contributed by atoms with van der Waals surface area (Å²) in [5.41, 5.74) is 1.86. The second-order valence-corrected chi connectivity index (χ2v) is 9.90. The van der Waals surface area contributed by atoms with Crippen molar-refractivity contribution in [2.75, 3.05) is 18.9 Å². The predicted molar refractivity (Wildman–Crippen MR) is 133 cm³/mol. The first kappa shape index (κ1) is 25.0. The smallest absolute Gasteiger partial charge is 0.243 e. The van der Waals surface area contributed by atoms with Crippen LogP contribution in [-0.2, 0) is 22.6 Å². The fraction of sp³-hybridized carbons (Fsp3) is 0.520. The van der Waals surface area contributed by atoms with Crippen LogP contribution in [0.5, 0.6) is 0 Å². The lowest BCUT2D eigenvalue weighted by molar-refractivity contribution is -0.132. The Bertz CT molecular complexity index is 967. The third-order valence-corrected chi connectivity index (χ3v) is 7.15. The van der Waals surface area contributed by atoms with Crippen LogP contribution in [0.1, 0.15) is 63.3 Å². The minimum Gasteiger partial charge on any atom is -0.335 e. The number of carbonyl (C=O) groups excluding carboxylic acids is 2. The Kier molecular flexibility index (Phi) is 9.11. The van der Waals surface area contributed by atoms with Gasteiger partial charge in [-0.2, -0.15) is 0 Å². The van der Waals surface area contributed by atoms with Crippen LogP contribution in [0.15, 0.2) is 42.1 Å². The summed E-state index contributed by atoms with van der Waals surface area (Å²) in [6.45, 7) is 8.39. The van der Waals surface area contributed by atoms with Crippen molar-refractivity contribution in [2.24, 2.45) is 0 Å². The number of anilines is 1. The zero-order valence-electron chi connectivity index (χ0n) is 19.9. The van der Waals surface area contributed by atoms with E-state index >= 15 is 0 Å². The molecule has 1 aliphatic rings. The van der Waals surface area contributed by atoms with Gasteiger partial charge < -0.3 is 14.8 Å². The van der Waals surface area contributed by atoms with E-state index in [0.717, 1.165) is 41.5 Å². The van der Waals surface area contributed by atoms with E-state index in [0.29, 0.717) is 12.5 Å². The molecule has 1 aromatic heterocycles. The van der Waals surface area contributed by atoms with E-state index in [4.69, 9.17) is 0 Å². The number of rotatable bonds is 10. The van der Waals surface area contributed by atoms with Crippen molar-refractivity contribution in [2.45, 2.75) is 75.2 Å². The summed E-state index contributed by atoms with van der Waals surface area (Å²) in [4.78, 5) is 27.0. The maximum atomic E-state index is 13.0. The molecule has 1 saturated carbocycles. The van der Waals surface area contributed by atoms with Crippen LogP contribution in [0.3, 0.4) is 0 Å². The number of benzene rings is 1. The molecule has 1 aromatic carbocycles. The normalized spacial score (nSPS) is 15.1. The standard InChI is InChI=1S/C25H35N5O2S/c1-5-16-30-23(20-13-8-7-9-14-20)27-28-25(30)33-18(3)24(32)29(4)17-22(31)26-21-15-11-10-12-19(21)6-2/h5,10-12,15,18,20H,1,6-9,13-14,16-17H2,2-4H3,(H,26,31). The first-order valence-electron chi connectivity index (χ1n) is 11.8. The second kappa shape index (κ2) is 12.0. The first-order valence-corrected chi connectivity index (χ1v) is 12.7. The Morgan fingerprint density at radius 1 is 1.27 bits per heavy atom. The lowest BCUT2D eigenvalue weighted by Gasteiger charge is -2.22. The first-order chi connectivity index (χ1) is 15.9. The van der Waals surface area contributed by atoms with Gasteiger partial charge >= 0.3 is 0 Å². The number of hydrogen-bond donors (Lipinski definition) is 1. The van der Waals surface area contributed by atoms with Crippen LogP contribution in [0.4, 0.5) is 5.69 Å². The highest BCUT2D eigenvalue weighted by molar-refractivity contribution is 8.00. The summed E-state index contributed by atoms with van der Waals surface area (Å²) >= 11 is 1.39. The highest BCUT2D eigenvalue weighted by Gasteiger charge is 2.26. The number of allylic oxidation sites excluding steroid dienone is 1. The molecule has 1 unspecified atom stereocenters. The van der Waals surface area contributed by atoms with E-state index in [-0.39, 0.29) is 18.4 Å². The van der Waals surface area contributed by atoms with Crippen molar-refractivity contribution in [1.82, 2.24) is 19.7 Å². The Balaban J connectivity index is 1.62. The molecule has 2 amide bonds. The molecule has 33 heavy (non-hydrogen) atoms. The Labute approximate surface area is 201 Å². The minimum absolute atomic E-state index is 0.00550. The van der Waals surface area contributed by atoms with Gasteiger partial charge in [-0.25, -0.2) is 0 Å². The molecule has 0 bridgehead atoms. The van der Waals surface area contributed by atoms with Crippen LogP contribution in [0.2, 0.25) is 0 Å². The Morgan fingerprint density at radius 3 is 2.70 bits per heavy atom. The molecule has 1 heterocycles. The largest absolute Gasteiger partial charge is 0.335 e.